The van der Waals surface area contributed by atoms with Crippen LogP contribution in [0.15, 0.2) is 12.1 Å². The van der Waals surface area contributed by atoms with Gasteiger partial charge in [-0.25, -0.2) is 4.79 Å². The summed E-state index contributed by atoms with van der Waals surface area (Å²) in [7, 11) is 0. The number of benzene rings is 1. The summed E-state index contributed by atoms with van der Waals surface area (Å²) in [5, 5.41) is 6.22. The second-order valence-corrected chi connectivity index (χ2v) is 7.03. The van der Waals surface area contributed by atoms with Gasteiger partial charge in [0.2, 0.25) is 0 Å². The normalized spacial score (nSPS) is 12.9. The molecule has 0 fully saturated rings. The van der Waals surface area contributed by atoms with Gasteiger partial charge in [-0.05, 0) is 70.7 Å². The van der Waals surface area contributed by atoms with Crippen molar-refractivity contribution in [2.45, 2.75) is 66.7 Å². The molecule has 4 heteroatoms. The Hall–Kier alpha value is -1.55. The number of rotatable bonds is 5. The Morgan fingerprint density at radius 1 is 1.14 bits per heavy atom. The first-order valence-electron chi connectivity index (χ1n) is 7.85. The molecule has 0 aliphatic heterocycles. The zero-order chi connectivity index (χ0) is 16.9. The zero-order valence-corrected chi connectivity index (χ0v) is 15.0. The Bertz CT molecular complexity index is 519. The molecule has 0 heterocycles. The van der Waals surface area contributed by atoms with Crippen LogP contribution in [-0.4, -0.2) is 24.3 Å². The summed E-state index contributed by atoms with van der Waals surface area (Å²) >= 11 is 0. The highest BCUT2D eigenvalue weighted by molar-refractivity contribution is 5.67. The van der Waals surface area contributed by atoms with Crippen LogP contribution >= 0.6 is 0 Å². The van der Waals surface area contributed by atoms with Crippen molar-refractivity contribution in [2.75, 3.05) is 6.54 Å². The van der Waals surface area contributed by atoms with Crippen molar-refractivity contribution in [3.63, 3.8) is 0 Å². The molecule has 1 atom stereocenters. The second kappa shape index (κ2) is 7.63. The fourth-order valence-electron chi connectivity index (χ4n) is 2.12. The lowest BCUT2D eigenvalue weighted by molar-refractivity contribution is 0.0523. The monoisotopic (exact) mass is 306 g/mol. The summed E-state index contributed by atoms with van der Waals surface area (Å²) in [5.41, 5.74) is 4.76. The van der Waals surface area contributed by atoms with Crippen molar-refractivity contribution in [3.8, 4) is 0 Å². The molecule has 1 rings (SSSR count). The summed E-state index contributed by atoms with van der Waals surface area (Å²) in [4.78, 5) is 11.6. The Labute approximate surface area is 134 Å². The van der Waals surface area contributed by atoms with E-state index in [9.17, 15) is 4.79 Å². The molecule has 124 valence electrons. The lowest BCUT2D eigenvalue weighted by Gasteiger charge is -2.21. The van der Waals surface area contributed by atoms with Crippen molar-refractivity contribution in [1.82, 2.24) is 10.6 Å². The maximum absolute atomic E-state index is 11.6. The van der Waals surface area contributed by atoms with Crippen LogP contribution in [0, 0.1) is 20.8 Å². The lowest BCUT2D eigenvalue weighted by atomic mass is 10.0. The van der Waals surface area contributed by atoms with Gasteiger partial charge in [-0.15, -0.1) is 0 Å². The molecule has 0 aliphatic rings. The third kappa shape index (κ3) is 6.48. The predicted molar refractivity (Wildman–Crippen MR) is 91.2 cm³/mol. The van der Waals surface area contributed by atoms with E-state index in [4.69, 9.17) is 4.74 Å². The average molecular weight is 306 g/mol. The van der Waals surface area contributed by atoms with E-state index in [2.05, 4.69) is 43.5 Å². The third-order valence-corrected chi connectivity index (χ3v) is 3.54. The highest BCUT2D eigenvalue weighted by Crippen LogP contribution is 2.15. The minimum absolute atomic E-state index is 0.175. The van der Waals surface area contributed by atoms with Gasteiger partial charge in [-0.3, -0.25) is 0 Å². The molecule has 4 nitrogen and oxygen atoms in total. The molecule has 0 aliphatic carbocycles. The van der Waals surface area contributed by atoms with Crippen LogP contribution in [0.4, 0.5) is 4.79 Å². The van der Waals surface area contributed by atoms with E-state index < -0.39 is 5.60 Å². The van der Waals surface area contributed by atoms with E-state index in [1.54, 1.807) is 0 Å². The third-order valence-electron chi connectivity index (χ3n) is 3.54. The Morgan fingerprint density at radius 2 is 1.73 bits per heavy atom. The Balaban J connectivity index is 2.42. The molecule has 0 spiro atoms. The summed E-state index contributed by atoms with van der Waals surface area (Å²) in [6, 6.07) is 4.62. The Kier molecular flexibility index (Phi) is 6.42. The number of nitrogens with one attached hydrogen (secondary N) is 2. The van der Waals surface area contributed by atoms with Crippen LogP contribution in [0.1, 0.15) is 49.9 Å². The summed E-state index contributed by atoms with van der Waals surface area (Å²) < 4.78 is 5.22. The van der Waals surface area contributed by atoms with Crippen LogP contribution in [0.25, 0.3) is 0 Å². The van der Waals surface area contributed by atoms with Crippen molar-refractivity contribution >= 4 is 6.09 Å². The maximum Gasteiger partial charge on any atom is 0.407 e. The average Bonchev–Trinajstić information content (AvgIpc) is 2.37. The molecule has 0 aromatic heterocycles. The summed E-state index contributed by atoms with van der Waals surface area (Å²) in [6.07, 6.45) is -0.372. The van der Waals surface area contributed by atoms with Crippen molar-refractivity contribution in [1.29, 1.82) is 0 Å². The molecule has 0 bridgehead atoms. The van der Waals surface area contributed by atoms with Gasteiger partial charge in [0, 0.05) is 19.1 Å². The van der Waals surface area contributed by atoms with E-state index in [1.165, 1.54) is 22.3 Å². The number of carbonyl (C=O) groups is 1. The first-order valence-corrected chi connectivity index (χ1v) is 7.85. The molecule has 0 radical (unpaired) electrons. The van der Waals surface area contributed by atoms with Gasteiger partial charge in [-0.1, -0.05) is 12.1 Å². The largest absolute Gasteiger partial charge is 0.444 e. The number of hydrogen-bond donors (Lipinski definition) is 2. The van der Waals surface area contributed by atoms with E-state index >= 15 is 0 Å². The number of ether oxygens (including phenoxy) is 1. The molecule has 2 N–H and O–H groups in total. The molecule has 1 aromatic rings. The number of aryl methyl sites for hydroxylation is 3. The van der Waals surface area contributed by atoms with Crippen LogP contribution in [0.2, 0.25) is 0 Å². The number of hydrogen-bond acceptors (Lipinski definition) is 3. The van der Waals surface area contributed by atoms with E-state index in [0.717, 1.165) is 6.54 Å². The fourth-order valence-corrected chi connectivity index (χ4v) is 2.12. The van der Waals surface area contributed by atoms with Gasteiger partial charge in [0.1, 0.15) is 5.60 Å². The zero-order valence-electron chi connectivity index (χ0n) is 15.0. The van der Waals surface area contributed by atoms with Gasteiger partial charge in [0.25, 0.3) is 0 Å². The van der Waals surface area contributed by atoms with Crippen LogP contribution in [0.5, 0.6) is 0 Å². The summed E-state index contributed by atoms with van der Waals surface area (Å²) in [6.45, 7) is 15.4. The molecule has 0 saturated carbocycles. The minimum Gasteiger partial charge on any atom is -0.444 e. The SMILES string of the molecule is Cc1cc(C)c(CNC(C)CNC(=O)OC(C)(C)C)cc1C. The van der Waals surface area contributed by atoms with Crippen molar-refractivity contribution in [2.24, 2.45) is 0 Å². The first-order chi connectivity index (χ1) is 10.1. The van der Waals surface area contributed by atoms with E-state index in [-0.39, 0.29) is 12.1 Å². The van der Waals surface area contributed by atoms with Gasteiger partial charge in [0.15, 0.2) is 0 Å². The molecule has 0 saturated heterocycles. The molecule has 1 aromatic carbocycles. The first kappa shape index (κ1) is 18.5. The minimum atomic E-state index is -0.461. The van der Waals surface area contributed by atoms with Gasteiger partial charge < -0.3 is 15.4 Å². The molecule has 22 heavy (non-hydrogen) atoms. The smallest absolute Gasteiger partial charge is 0.407 e. The highest BCUT2D eigenvalue weighted by Gasteiger charge is 2.16. The standard InChI is InChI=1S/C18H30N2O2/c1-12-8-14(3)16(9-13(12)2)11-19-15(4)10-20-17(21)22-18(5,6)7/h8-9,15,19H,10-11H2,1-7H3,(H,20,21). The maximum atomic E-state index is 11.6. The topological polar surface area (TPSA) is 50.4 Å². The quantitative estimate of drug-likeness (QED) is 0.873. The van der Waals surface area contributed by atoms with E-state index in [1.807, 2.05) is 27.7 Å². The van der Waals surface area contributed by atoms with Crippen molar-refractivity contribution < 1.29 is 9.53 Å². The molecular formula is C18H30N2O2. The van der Waals surface area contributed by atoms with E-state index in [0.29, 0.717) is 6.54 Å². The molecular weight excluding hydrogens is 276 g/mol. The van der Waals surface area contributed by atoms with Crippen LogP contribution in [0.3, 0.4) is 0 Å². The highest BCUT2D eigenvalue weighted by atomic mass is 16.6. The molecule has 1 amide bonds. The van der Waals surface area contributed by atoms with Crippen LogP contribution in [-0.2, 0) is 11.3 Å². The summed E-state index contributed by atoms with van der Waals surface area (Å²) in [5.74, 6) is 0. The fraction of sp³-hybridized carbons (Fsp3) is 0.611. The van der Waals surface area contributed by atoms with Gasteiger partial charge in [0.05, 0.1) is 0 Å². The van der Waals surface area contributed by atoms with Gasteiger partial charge >= 0.3 is 6.09 Å². The van der Waals surface area contributed by atoms with Crippen LogP contribution < -0.4 is 10.6 Å². The number of alkyl carbamates (subject to hydrolysis) is 1. The lowest BCUT2D eigenvalue weighted by Crippen LogP contribution is -2.41. The van der Waals surface area contributed by atoms with Crippen molar-refractivity contribution in [3.05, 3.63) is 34.4 Å². The predicted octanol–water partition coefficient (Wildman–Crippen LogP) is 3.61. The molecule has 1 unspecified atom stereocenters. The second-order valence-electron chi connectivity index (χ2n) is 7.03. The van der Waals surface area contributed by atoms with Gasteiger partial charge in [-0.2, -0.15) is 0 Å². The Morgan fingerprint density at radius 3 is 2.32 bits per heavy atom. The number of carbonyl (C=O) groups excluding carboxylic acids is 1. The number of amides is 1.